The van der Waals surface area contributed by atoms with E-state index in [0.29, 0.717) is 6.92 Å². The molecule has 1 atom stereocenters. The zero-order valence-corrected chi connectivity index (χ0v) is 13.5. The second-order valence-electron chi connectivity index (χ2n) is 5.26. The maximum atomic E-state index is 13.9. The highest BCUT2D eigenvalue weighted by atomic mass is 19.4. The fourth-order valence-electron chi connectivity index (χ4n) is 2.37. The van der Waals surface area contributed by atoms with Crippen molar-refractivity contribution in [3.63, 3.8) is 0 Å². The number of aromatic nitrogens is 1. The monoisotopic (exact) mass is 399 g/mol. The Morgan fingerprint density at radius 1 is 1.26 bits per heavy atom. The highest BCUT2D eigenvalue weighted by molar-refractivity contribution is 6.38. The third-order valence-electron chi connectivity index (χ3n) is 3.68. The molecular weight excluding hydrogens is 390 g/mol. The number of halogens is 7. The Morgan fingerprint density at radius 2 is 1.85 bits per heavy atom. The van der Waals surface area contributed by atoms with E-state index in [0.717, 1.165) is 7.11 Å². The van der Waals surface area contributed by atoms with Gasteiger partial charge in [0.15, 0.2) is 11.6 Å². The van der Waals surface area contributed by atoms with Crippen molar-refractivity contribution in [1.29, 1.82) is 0 Å². The Morgan fingerprint density at radius 3 is 2.33 bits per heavy atom. The summed E-state index contributed by atoms with van der Waals surface area (Å²) in [5.41, 5.74) is -3.45. The van der Waals surface area contributed by atoms with E-state index in [2.05, 4.69) is 9.39 Å². The van der Waals surface area contributed by atoms with Crippen LogP contribution in [0.25, 0.3) is 10.9 Å². The molecule has 0 aliphatic rings. The number of ether oxygens (including phenoxy) is 1. The van der Waals surface area contributed by atoms with Crippen LogP contribution >= 0.6 is 0 Å². The Balaban J connectivity index is 2.99. The van der Waals surface area contributed by atoms with E-state index < -0.39 is 64.9 Å². The van der Waals surface area contributed by atoms with Gasteiger partial charge in [-0.25, -0.2) is 17.8 Å². The van der Waals surface area contributed by atoms with Crippen molar-refractivity contribution >= 4 is 24.3 Å². The molecule has 0 N–H and O–H groups in total. The topological polar surface area (TPSA) is 57.5 Å². The SMILES string of the molecule is COc1c(F)c(F)cc2c(=O)c(C(=O)OB(F)F)cn([C@H](C)C(F)(F)F)c12. The molecule has 1 aromatic heterocycles. The van der Waals surface area contributed by atoms with E-state index in [1.807, 2.05) is 0 Å². The molecule has 0 amide bonds. The molecule has 146 valence electrons. The minimum absolute atomic E-state index is 0.208. The van der Waals surface area contributed by atoms with Crippen LogP contribution < -0.4 is 10.2 Å². The third kappa shape index (κ3) is 3.71. The summed E-state index contributed by atoms with van der Waals surface area (Å²) in [7, 11) is -2.83. The van der Waals surface area contributed by atoms with Crippen molar-refractivity contribution in [2.24, 2.45) is 0 Å². The van der Waals surface area contributed by atoms with Gasteiger partial charge in [0.25, 0.3) is 0 Å². The summed E-state index contributed by atoms with van der Waals surface area (Å²) >= 11 is 0. The van der Waals surface area contributed by atoms with Crippen molar-refractivity contribution < 1.29 is 44.8 Å². The number of rotatable bonds is 4. The first kappa shape index (κ1) is 20.6. The molecule has 0 bridgehead atoms. The molecule has 0 radical (unpaired) electrons. The van der Waals surface area contributed by atoms with Crippen LogP contribution in [0.5, 0.6) is 5.75 Å². The summed E-state index contributed by atoms with van der Waals surface area (Å²) in [6.07, 6.45) is -4.67. The highest BCUT2D eigenvalue weighted by Crippen LogP contribution is 2.36. The van der Waals surface area contributed by atoms with Crippen LogP contribution in [0.15, 0.2) is 17.1 Å². The van der Waals surface area contributed by atoms with Gasteiger partial charge in [0.2, 0.25) is 11.2 Å². The van der Waals surface area contributed by atoms with Crippen LogP contribution in [-0.4, -0.2) is 31.3 Å². The Kier molecular flexibility index (Phi) is 5.43. The lowest BCUT2D eigenvalue weighted by Gasteiger charge is -2.23. The number of carbonyl (C=O) groups is 1. The molecule has 1 aromatic carbocycles. The largest absolute Gasteiger partial charge is 0.798 e. The fourth-order valence-corrected chi connectivity index (χ4v) is 2.37. The molecule has 2 rings (SSSR count). The number of methoxy groups -OCH3 is 1. The van der Waals surface area contributed by atoms with Crippen molar-refractivity contribution in [3.05, 3.63) is 39.7 Å². The van der Waals surface area contributed by atoms with E-state index in [4.69, 9.17) is 0 Å². The molecule has 5 nitrogen and oxygen atoms in total. The van der Waals surface area contributed by atoms with Crippen molar-refractivity contribution in [2.45, 2.75) is 19.1 Å². The van der Waals surface area contributed by atoms with Crippen LogP contribution in [0.4, 0.5) is 30.6 Å². The number of nitrogens with zero attached hydrogens (tertiary/aromatic N) is 1. The number of pyridine rings is 1. The van der Waals surface area contributed by atoms with Gasteiger partial charge in [-0.15, -0.1) is 0 Å². The van der Waals surface area contributed by atoms with Gasteiger partial charge in [0.05, 0.1) is 18.0 Å². The van der Waals surface area contributed by atoms with Crippen molar-refractivity contribution in [1.82, 2.24) is 4.57 Å². The van der Waals surface area contributed by atoms with Gasteiger partial charge < -0.3 is 14.0 Å². The first-order valence-electron chi connectivity index (χ1n) is 7.06. The van der Waals surface area contributed by atoms with Gasteiger partial charge >= 0.3 is 19.6 Å². The van der Waals surface area contributed by atoms with Crippen LogP contribution in [0, 0.1) is 11.6 Å². The summed E-state index contributed by atoms with van der Waals surface area (Å²) in [4.78, 5) is 24.0. The molecule has 0 aliphatic heterocycles. The average molecular weight is 399 g/mol. The average Bonchev–Trinajstić information content (AvgIpc) is 2.55. The predicted molar refractivity (Wildman–Crippen MR) is 78.8 cm³/mol. The lowest BCUT2D eigenvalue weighted by molar-refractivity contribution is -0.162. The molecule has 0 fully saturated rings. The van der Waals surface area contributed by atoms with Gasteiger partial charge in [0, 0.05) is 6.20 Å². The van der Waals surface area contributed by atoms with Gasteiger partial charge in [-0.3, -0.25) is 4.79 Å². The minimum Gasteiger partial charge on any atom is -0.491 e. The second kappa shape index (κ2) is 7.12. The van der Waals surface area contributed by atoms with E-state index >= 15 is 0 Å². The summed E-state index contributed by atoms with van der Waals surface area (Å²) in [5.74, 6) is -6.27. The third-order valence-corrected chi connectivity index (χ3v) is 3.68. The van der Waals surface area contributed by atoms with Crippen LogP contribution in [0.2, 0.25) is 0 Å². The van der Waals surface area contributed by atoms with E-state index in [9.17, 15) is 40.2 Å². The Bertz CT molecular complexity index is 957. The molecule has 2 aromatic rings. The summed E-state index contributed by atoms with van der Waals surface area (Å²) in [6.45, 7) is 0.590. The number of benzene rings is 1. The lowest BCUT2D eigenvalue weighted by atomic mass is 10.1. The minimum atomic E-state index is -4.96. The van der Waals surface area contributed by atoms with Gasteiger partial charge in [-0.05, 0) is 13.0 Å². The molecule has 0 saturated heterocycles. The number of hydrogen-bond donors (Lipinski definition) is 0. The van der Waals surface area contributed by atoms with Crippen molar-refractivity contribution in [2.75, 3.05) is 7.11 Å². The van der Waals surface area contributed by atoms with E-state index in [1.54, 1.807) is 0 Å². The van der Waals surface area contributed by atoms with Crippen LogP contribution in [-0.2, 0) is 4.65 Å². The summed E-state index contributed by atoms with van der Waals surface area (Å²) < 4.78 is 100. The summed E-state index contributed by atoms with van der Waals surface area (Å²) in [5, 5.41) is -0.884. The maximum Gasteiger partial charge on any atom is 0.798 e. The Labute approximate surface area is 146 Å². The number of hydrogen-bond acceptors (Lipinski definition) is 4. The van der Waals surface area contributed by atoms with Gasteiger partial charge in [-0.1, -0.05) is 0 Å². The maximum absolute atomic E-state index is 13.9. The molecule has 0 saturated carbocycles. The van der Waals surface area contributed by atoms with Gasteiger partial charge in [0.1, 0.15) is 11.6 Å². The van der Waals surface area contributed by atoms with Crippen molar-refractivity contribution in [3.8, 4) is 5.75 Å². The highest BCUT2D eigenvalue weighted by Gasteiger charge is 2.39. The van der Waals surface area contributed by atoms with E-state index in [1.165, 1.54) is 0 Å². The predicted octanol–water partition coefficient (Wildman–Crippen LogP) is 3.49. The molecule has 27 heavy (non-hydrogen) atoms. The first-order valence-corrected chi connectivity index (χ1v) is 7.06. The zero-order chi connectivity index (χ0) is 20.7. The molecule has 0 aliphatic carbocycles. The number of carbonyl (C=O) groups excluding carboxylic acids is 1. The fraction of sp³-hybridized carbons (Fsp3) is 0.286. The Hall–Kier alpha value is -2.73. The molecule has 1 heterocycles. The molecule has 13 heteroatoms. The normalized spacial score (nSPS) is 12.8. The summed E-state index contributed by atoms with van der Waals surface area (Å²) in [6, 6.07) is -2.22. The standard InChI is InChI=1S/C14H9BF7NO4/c1-5(14(18,19)20)23-4-7(13(25)27-15(21)22)11(24)6-3-8(16)9(17)12(26-2)10(6)23/h3-5H,1-2H3/t5-/m1/s1. The number of fused-ring (bicyclic) bond motifs is 1. The number of alkyl halides is 3. The first-order chi connectivity index (χ1) is 12.4. The molecular formula is C14H9BF7NO4. The van der Waals surface area contributed by atoms with Crippen LogP contribution in [0.1, 0.15) is 23.3 Å². The molecule has 0 spiro atoms. The van der Waals surface area contributed by atoms with Gasteiger partial charge in [-0.2, -0.15) is 17.6 Å². The van der Waals surface area contributed by atoms with Crippen LogP contribution in [0.3, 0.4) is 0 Å². The zero-order valence-electron chi connectivity index (χ0n) is 13.5. The lowest BCUT2D eigenvalue weighted by Crippen LogP contribution is -2.29. The van der Waals surface area contributed by atoms with E-state index in [-0.39, 0.29) is 16.8 Å². The molecule has 0 unspecified atom stereocenters. The quantitative estimate of drug-likeness (QED) is 0.584. The second-order valence-corrected chi connectivity index (χ2v) is 5.26. The smallest absolute Gasteiger partial charge is 0.491 e.